The molecule has 0 unspecified atom stereocenters. The summed E-state index contributed by atoms with van der Waals surface area (Å²) in [6.07, 6.45) is 0.177. The average molecular weight is 208 g/mol. The minimum absolute atomic E-state index is 0.177. The normalized spacial score (nSPS) is 11.9. The molecule has 0 aliphatic heterocycles. The highest BCUT2D eigenvalue weighted by Gasteiger charge is 2.16. The standard InChI is InChI=1S/C13H20O2/c1-9(2)15-12-7-6-11(8-10(12)3)13(4,5)14/h6-9,14H,1-5H3. The van der Waals surface area contributed by atoms with Crippen molar-refractivity contribution >= 4 is 0 Å². The molecule has 0 radical (unpaired) electrons. The number of hydrogen-bond acceptors (Lipinski definition) is 2. The number of hydrogen-bond donors (Lipinski definition) is 1. The number of rotatable bonds is 3. The van der Waals surface area contributed by atoms with Crippen LogP contribution in [-0.2, 0) is 5.60 Å². The maximum atomic E-state index is 9.85. The number of ether oxygens (including phenoxy) is 1. The van der Waals surface area contributed by atoms with Gasteiger partial charge in [0.2, 0.25) is 0 Å². The molecule has 1 N–H and O–H groups in total. The van der Waals surface area contributed by atoms with Crippen LogP contribution in [0, 0.1) is 6.92 Å². The first-order valence-electron chi connectivity index (χ1n) is 5.31. The predicted octanol–water partition coefficient (Wildman–Crippen LogP) is 3.01. The number of aliphatic hydroxyl groups is 1. The van der Waals surface area contributed by atoms with Crippen LogP contribution in [0.2, 0.25) is 0 Å². The minimum atomic E-state index is -0.791. The van der Waals surface area contributed by atoms with Crippen molar-refractivity contribution < 1.29 is 9.84 Å². The van der Waals surface area contributed by atoms with Crippen LogP contribution in [0.5, 0.6) is 5.75 Å². The average Bonchev–Trinajstić information content (AvgIpc) is 2.05. The Kier molecular flexibility index (Phi) is 3.40. The van der Waals surface area contributed by atoms with E-state index >= 15 is 0 Å². The Balaban J connectivity index is 2.98. The molecule has 0 amide bonds. The van der Waals surface area contributed by atoms with Crippen LogP contribution in [0.4, 0.5) is 0 Å². The molecule has 0 heterocycles. The van der Waals surface area contributed by atoms with Gasteiger partial charge in [0.15, 0.2) is 0 Å². The van der Waals surface area contributed by atoms with Gasteiger partial charge in [0.1, 0.15) is 5.75 Å². The summed E-state index contributed by atoms with van der Waals surface area (Å²) in [5.41, 5.74) is 1.18. The van der Waals surface area contributed by atoms with Crippen molar-refractivity contribution in [2.24, 2.45) is 0 Å². The van der Waals surface area contributed by atoms with Crippen molar-refractivity contribution in [3.05, 3.63) is 29.3 Å². The van der Waals surface area contributed by atoms with E-state index in [0.717, 1.165) is 16.9 Å². The third-order valence-corrected chi connectivity index (χ3v) is 2.24. The summed E-state index contributed by atoms with van der Waals surface area (Å²) >= 11 is 0. The van der Waals surface area contributed by atoms with Gasteiger partial charge in [-0.3, -0.25) is 0 Å². The molecule has 0 aliphatic rings. The number of benzene rings is 1. The molecule has 1 rings (SSSR count). The second-order valence-electron chi connectivity index (χ2n) is 4.71. The maximum absolute atomic E-state index is 9.85. The van der Waals surface area contributed by atoms with Gasteiger partial charge in [-0.2, -0.15) is 0 Å². The van der Waals surface area contributed by atoms with E-state index in [9.17, 15) is 5.11 Å². The number of aryl methyl sites for hydroxylation is 1. The lowest BCUT2D eigenvalue weighted by Gasteiger charge is -2.20. The molecule has 1 aromatic carbocycles. The first-order valence-corrected chi connectivity index (χ1v) is 5.31. The monoisotopic (exact) mass is 208 g/mol. The van der Waals surface area contributed by atoms with Gasteiger partial charge < -0.3 is 9.84 Å². The Labute approximate surface area is 91.9 Å². The van der Waals surface area contributed by atoms with Gasteiger partial charge >= 0.3 is 0 Å². The fraction of sp³-hybridized carbons (Fsp3) is 0.538. The smallest absolute Gasteiger partial charge is 0.122 e. The summed E-state index contributed by atoms with van der Waals surface area (Å²) in [4.78, 5) is 0. The van der Waals surface area contributed by atoms with Crippen LogP contribution in [-0.4, -0.2) is 11.2 Å². The summed E-state index contributed by atoms with van der Waals surface area (Å²) in [6.45, 7) is 9.56. The summed E-state index contributed by atoms with van der Waals surface area (Å²) in [5.74, 6) is 0.887. The molecule has 0 saturated carbocycles. The van der Waals surface area contributed by atoms with E-state index in [1.165, 1.54) is 0 Å². The van der Waals surface area contributed by atoms with Crippen molar-refractivity contribution in [1.29, 1.82) is 0 Å². The van der Waals surface area contributed by atoms with Crippen LogP contribution in [0.1, 0.15) is 38.8 Å². The zero-order valence-corrected chi connectivity index (χ0v) is 10.2. The van der Waals surface area contributed by atoms with E-state index < -0.39 is 5.60 Å². The van der Waals surface area contributed by atoms with Crippen molar-refractivity contribution in [2.75, 3.05) is 0 Å². The largest absolute Gasteiger partial charge is 0.491 e. The molecule has 0 aliphatic carbocycles. The first-order chi connectivity index (χ1) is 6.80. The summed E-state index contributed by atoms with van der Waals surface area (Å²) in [6, 6.07) is 5.80. The van der Waals surface area contributed by atoms with Gasteiger partial charge in [-0.05, 0) is 57.9 Å². The van der Waals surface area contributed by atoms with Crippen molar-refractivity contribution in [1.82, 2.24) is 0 Å². The van der Waals surface area contributed by atoms with E-state index in [1.54, 1.807) is 13.8 Å². The van der Waals surface area contributed by atoms with Gasteiger partial charge in [-0.15, -0.1) is 0 Å². The van der Waals surface area contributed by atoms with Gasteiger partial charge in [-0.1, -0.05) is 6.07 Å². The molecule has 2 heteroatoms. The lowest BCUT2D eigenvalue weighted by Crippen LogP contribution is -2.16. The maximum Gasteiger partial charge on any atom is 0.122 e. The molecule has 0 saturated heterocycles. The third-order valence-electron chi connectivity index (χ3n) is 2.24. The van der Waals surface area contributed by atoms with Crippen LogP contribution in [0.15, 0.2) is 18.2 Å². The molecule has 1 aromatic rings. The Morgan fingerprint density at radius 3 is 2.27 bits per heavy atom. The summed E-state index contributed by atoms with van der Waals surface area (Å²) in [7, 11) is 0. The second-order valence-corrected chi connectivity index (χ2v) is 4.71. The molecule has 0 fully saturated rings. The molecule has 84 valence electrons. The highest BCUT2D eigenvalue weighted by molar-refractivity contribution is 5.38. The van der Waals surface area contributed by atoms with Crippen LogP contribution in [0.25, 0.3) is 0 Å². The topological polar surface area (TPSA) is 29.5 Å². The van der Waals surface area contributed by atoms with E-state index in [4.69, 9.17) is 4.74 Å². The lowest BCUT2D eigenvalue weighted by molar-refractivity contribution is 0.0784. The second kappa shape index (κ2) is 4.23. The molecular weight excluding hydrogens is 188 g/mol. The van der Waals surface area contributed by atoms with E-state index in [0.29, 0.717) is 0 Å². The van der Waals surface area contributed by atoms with Crippen molar-refractivity contribution in [3.8, 4) is 5.75 Å². The van der Waals surface area contributed by atoms with Gasteiger partial charge in [0.05, 0.1) is 11.7 Å². The Morgan fingerprint density at radius 1 is 1.27 bits per heavy atom. The van der Waals surface area contributed by atoms with Crippen LogP contribution in [0.3, 0.4) is 0 Å². The zero-order valence-electron chi connectivity index (χ0n) is 10.2. The predicted molar refractivity (Wildman–Crippen MR) is 62.2 cm³/mol. The molecule has 15 heavy (non-hydrogen) atoms. The minimum Gasteiger partial charge on any atom is -0.491 e. The zero-order chi connectivity index (χ0) is 11.6. The van der Waals surface area contributed by atoms with Crippen molar-refractivity contribution in [3.63, 3.8) is 0 Å². The fourth-order valence-electron chi connectivity index (χ4n) is 1.42. The first kappa shape index (κ1) is 12.1. The van der Waals surface area contributed by atoms with Gasteiger partial charge in [0.25, 0.3) is 0 Å². The molecule has 0 bridgehead atoms. The highest BCUT2D eigenvalue weighted by Crippen LogP contribution is 2.26. The molecule has 0 atom stereocenters. The van der Waals surface area contributed by atoms with Crippen molar-refractivity contribution in [2.45, 2.75) is 46.3 Å². The molecular formula is C13H20O2. The molecule has 2 nitrogen and oxygen atoms in total. The van der Waals surface area contributed by atoms with Crippen LogP contribution < -0.4 is 4.74 Å². The molecule has 0 spiro atoms. The molecule has 0 aromatic heterocycles. The Morgan fingerprint density at radius 2 is 1.87 bits per heavy atom. The SMILES string of the molecule is Cc1cc(C(C)(C)O)ccc1OC(C)C. The summed E-state index contributed by atoms with van der Waals surface area (Å²) < 4.78 is 5.63. The summed E-state index contributed by atoms with van der Waals surface area (Å²) in [5, 5.41) is 9.85. The van der Waals surface area contributed by atoms with Gasteiger partial charge in [0, 0.05) is 0 Å². The van der Waals surface area contributed by atoms with Crippen LogP contribution >= 0.6 is 0 Å². The Bertz CT molecular complexity index is 335. The fourth-order valence-corrected chi connectivity index (χ4v) is 1.42. The lowest BCUT2D eigenvalue weighted by atomic mass is 9.96. The van der Waals surface area contributed by atoms with E-state index in [1.807, 2.05) is 39.0 Å². The highest BCUT2D eigenvalue weighted by atomic mass is 16.5. The quantitative estimate of drug-likeness (QED) is 0.827. The van der Waals surface area contributed by atoms with E-state index in [-0.39, 0.29) is 6.10 Å². The third kappa shape index (κ3) is 3.24. The van der Waals surface area contributed by atoms with Gasteiger partial charge in [-0.25, -0.2) is 0 Å². The Hall–Kier alpha value is -1.02. The van der Waals surface area contributed by atoms with E-state index in [2.05, 4.69) is 0 Å².